The second-order valence-electron chi connectivity index (χ2n) is 14.1. The zero-order valence-electron chi connectivity index (χ0n) is 30.9. The van der Waals surface area contributed by atoms with Gasteiger partial charge in [-0.2, -0.15) is 8.42 Å². The van der Waals surface area contributed by atoms with E-state index < -0.39 is 10.4 Å². The molecule has 0 aliphatic rings. The van der Waals surface area contributed by atoms with Gasteiger partial charge in [0.05, 0.1) is 13.2 Å². The third kappa shape index (κ3) is 40.0. The Hall–Kier alpha value is -0.130. The van der Waals surface area contributed by atoms with E-state index in [-0.39, 0.29) is 13.2 Å². The van der Waals surface area contributed by atoms with E-state index in [0.717, 1.165) is 25.7 Å². The molecule has 0 aromatic rings. The van der Waals surface area contributed by atoms with Crippen LogP contribution < -0.4 is 0 Å². The Morgan fingerprint density at radius 1 is 0.267 bits per heavy atom. The smallest absolute Gasteiger partial charge is 0.248 e. The Bertz CT molecular complexity index is 588. The molecule has 0 amide bonds. The molecule has 0 aromatic heterocycles. The maximum Gasteiger partial charge on any atom is 0.399 e. The van der Waals surface area contributed by atoms with Gasteiger partial charge in [0.1, 0.15) is 0 Å². The molecule has 0 aliphatic heterocycles. The lowest BCUT2D eigenvalue weighted by Crippen LogP contribution is -2.12. The van der Waals surface area contributed by atoms with Gasteiger partial charge in [-0.05, 0) is 12.8 Å². The summed E-state index contributed by atoms with van der Waals surface area (Å²) in [5, 5.41) is 0. The van der Waals surface area contributed by atoms with Crippen molar-refractivity contribution in [2.24, 2.45) is 0 Å². The molecule has 45 heavy (non-hydrogen) atoms. The molecule has 0 saturated heterocycles. The van der Waals surface area contributed by atoms with E-state index in [0.29, 0.717) is 0 Å². The number of unbranched alkanes of at least 4 members (excludes halogenated alkanes) is 34. The van der Waals surface area contributed by atoms with E-state index in [9.17, 15) is 8.42 Å². The zero-order valence-corrected chi connectivity index (χ0v) is 31.7. The standard InChI is InChI=1S/C40H82O4S/c1-3-5-7-9-11-13-15-17-19-21-23-25-27-29-31-33-35-37-39-43-45(41,42)44-40-38-36-34-32-30-28-26-24-22-20-18-16-14-12-10-8-6-4-2/h3-40H2,1-2H3. The van der Waals surface area contributed by atoms with Gasteiger partial charge in [0.2, 0.25) is 0 Å². The van der Waals surface area contributed by atoms with Crippen molar-refractivity contribution in [2.45, 2.75) is 245 Å². The van der Waals surface area contributed by atoms with E-state index in [2.05, 4.69) is 13.8 Å². The van der Waals surface area contributed by atoms with Crippen molar-refractivity contribution in [1.82, 2.24) is 0 Å². The summed E-state index contributed by atoms with van der Waals surface area (Å²) < 4.78 is 34.0. The topological polar surface area (TPSA) is 52.6 Å². The minimum absolute atomic E-state index is 0.250. The van der Waals surface area contributed by atoms with Crippen molar-refractivity contribution in [3.63, 3.8) is 0 Å². The molecule has 0 radical (unpaired) electrons. The van der Waals surface area contributed by atoms with Crippen LogP contribution in [0.5, 0.6) is 0 Å². The highest BCUT2D eigenvalue weighted by atomic mass is 32.3. The van der Waals surface area contributed by atoms with Gasteiger partial charge >= 0.3 is 10.4 Å². The number of hydrogen-bond donors (Lipinski definition) is 0. The fourth-order valence-electron chi connectivity index (χ4n) is 6.36. The van der Waals surface area contributed by atoms with Crippen molar-refractivity contribution in [1.29, 1.82) is 0 Å². The highest BCUT2D eigenvalue weighted by molar-refractivity contribution is 7.81. The summed E-state index contributed by atoms with van der Waals surface area (Å²) >= 11 is 0. The van der Waals surface area contributed by atoms with Crippen molar-refractivity contribution < 1.29 is 16.8 Å². The fraction of sp³-hybridized carbons (Fsp3) is 1.00. The van der Waals surface area contributed by atoms with Crippen molar-refractivity contribution in [2.75, 3.05) is 13.2 Å². The quantitative estimate of drug-likeness (QED) is 0.0615. The Labute approximate surface area is 284 Å². The molecule has 0 fully saturated rings. The summed E-state index contributed by atoms with van der Waals surface area (Å²) in [5.74, 6) is 0. The Morgan fingerprint density at radius 3 is 0.600 bits per heavy atom. The highest BCUT2D eigenvalue weighted by Crippen LogP contribution is 2.16. The summed E-state index contributed by atoms with van der Waals surface area (Å²) in [7, 11) is -3.83. The lowest BCUT2D eigenvalue weighted by Gasteiger charge is -2.07. The molecule has 0 aromatic carbocycles. The minimum Gasteiger partial charge on any atom is -0.248 e. The van der Waals surface area contributed by atoms with Gasteiger partial charge in [0.15, 0.2) is 0 Å². The van der Waals surface area contributed by atoms with Crippen LogP contribution in [0, 0.1) is 0 Å². The van der Waals surface area contributed by atoms with Gasteiger partial charge in [-0.15, -0.1) is 0 Å². The SMILES string of the molecule is CCCCCCCCCCCCCCCCCCCCOS(=O)(=O)OCCCCCCCCCCCCCCCCCCCC. The van der Waals surface area contributed by atoms with Gasteiger partial charge in [-0.1, -0.05) is 232 Å². The van der Waals surface area contributed by atoms with E-state index in [1.165, 1.54) is 205 Å². The minimum atomic E-state index is -3.83. The molecule has 272 valence electrons. The average Bonchev–Trinajstić information content (AvgIpc) is 3.03. The van der Waals surface area contributed by atoms with Gasteiger partial charge in [-0.25, -0.2) is 8.37 Å². The molecule has 0 aliphatic carbocycles. The Balaban J connectivity index is 3.26. The van der Waals surface area contributed by atoms with Gasteiger partial charge in [0, 0.05) is 0 Å². The van der Waals surface area contributed by atoms with Crippen LogP contribution >= 0.6 is 0 Å². The molecule has 0 rings (SSSR count). The highest BCUT2D eigenvalue weighted by Gasteiger charge is 2.11. The van der Waals surface area contributed by atoms with Crippen molar-refractivity contribution in [3.05, 3.63) is 0 Å². The molecule has 0 N–H and O–H groups in total. The monoisotopic (exact) mass is 659 g/mol. The predicted octanol–water partition coefficient (Wildman–Crippen LogP) is 14.3. The Morgan fingerprint density at radius 2 is 0.422 bits per heavy atom. The first-order chi connectivity index (χ1) is 22.1. The van der Waals surface area contributed by atoms with Crippen LogP contribution in [0.15, 0.2) is 0 Å². The van der Waals surface area contributed by atoms with Crippen molar-refractivity contribution >= 4 is 10.4 Å². The predicted molar refractivity (Wildman–Crippen MR) is 198 cm³/mol. The molecule has 0 heterocycles. The summed E-state index contributed by atoms with van der Waals surface area (Å²) in [6.07, 6.45) is 47.7. The van der Waals surface area contributed by atoms with Crippen LogP contribution in [0.25, 0.3) is 0 Å². The molecule has 0 saturated carbocycles. The molecule has 4 nitrogen and oxygen atoms in total. The summed E-state index contributed by atoms with van der Waals surface area (Å²) in [6, 6.07) is 0. The Kier molecular flexibility index (Phi) is 38.2. The molecular formula is C40H82O4S. The first-order valence-corrected chi connectivity index (χ1v) is 22.0. The summed E-state index contributed by atoms with van der Waals surface area (Å²) in [4.78, 5) is 0. The third-order valence-corrected chi connectivity index (χ3v) is 10.4. The first kappa shape index (κ1) is 44.9. The largest absolute Gasteiger partial charge is 0.399 e. The van der Waals surface area contributed by atoms with Gasteiger partial charge < -0.3 is 0 Å². The lowest BCUT2D eigenvalue weighted by atomic mass is 10.0. The molecule has 0 spiro atoms. The van der Waals surface area contributed by atoms with E-state index in [4.69, 9.17) is 8.37 Å². The van der Waals surface area contributed by atoms with Crippen LogP contribution in [0.2, 0.25) is 0 Å². The van der Waals surface area contributed by atoms with Crippen LogP contribution in [-0.2, 0) is 18.8 Å². The second-order valence-corrected chi connectivity index (χ2v) is 15.4. The first-order valence-electron chi connectivity index (χ1n) is 20.7. The number of hydrogen-bond acceptors (Lipinski definition) is 4. The number of rotatable bonds is 40. The van der Waals surface area contributed by atoms with Crippen LogP contribution in [0.4, 0.5) is 0 Å². The third-order valence-electron chi connectivity index (χ3n) is 9.45. The van der Waals surface area contributed by atoms with Crippen LogP contribution in [-0.4, -0.2) is 21.6 Å². The van der Waals surface area contributed by atoms with Crippen molar-refractivity contribution in [3.8, 4) is 0 Å². The van der Waals surface area contributed by atoms with E-state index in [1.54, 1.807) is 0 Å². The fourth-order valence-corrected chi connectivity index (χ4v) is 7.08. The van der Waals surface area contributed by atoms with Crippen LogP contribution in [0.3, 0.4) is 0 Å². The van der Waals surface area contributed by atoms with Gasteiger partial charge in [0.25, 0.3) is 0 Å². The molecule has 0 bridgehead atoms. The maximum atomic E-state index is 12.0. The normalized spacial score (nSPS) is 12.0. The maximum absolute atomic E-state index is 12.0. The second kappa shape index (κ2) is 38.3. The van der Waals surface area contributed by atoms with Gasteiger partial charge in [-0.3, -0.25) is 0 Å². The molecule has 5 heteroatoms. The summed E-state index contributed by atoms with van der Waals surface area (Å²) in [5.41, 5.74) is 0. The molecule has 0 atom stereocenters. The van der Waals surface area contributed by atoms with E-state index in [1.807, 2.05) is 0 Å². The molecular weight excluding hydrogens is 577 g/mol. The van der Waals surface area contributed by atoms with E-state index >= 15 is 0 Å². The van der Waals surface area contributed by atoms with Crippen LogP contribution in [0.1, 0.15) is 245 Å². The average molecular weight is 659 g/mol. The lowest BCUT2D eigenvalue weighted by molar-refractivity contribution is 0.208. The summed E-state index contributed by atoms with van der Waals surface area (Å²) in [6.45, 7) is 5.07. The molecule has 0 unspecified atom stereocenters. The zero-order chi connectivity index (χ0) is 32.8.